The van der Waals surface area contributed by atoms with Crippen LogP contribution in [-0.2, 0) is 9.53 Å². The van der Waals surface area contributed by atoms with E-state index in [0.29, 0.717) is 0 Å². The summed E-state index contributed by atoms with van der Waals surface area (Å²) in [6.45, 7) is 2.00. The molecule has 1 aromatic carbocycles. The van der Waals surface area contributed by atoms with E-state index in [-0.39, 0.29) is 11.3 Å². The first-order valence-electron chi connectivity index (χ1n) is 3.41. The standard InChI is InChI=1S/C8H8O3.CH2O/c1-11-8(10)6-4-2-3-5-7(6)9;1-2/h2-5,9H,1H3;1H2. The second kappa shape index (κ2) is 5.77. The highest BCUT2D eigenvalue weighted by molar-refractivity contribution is 5.92. The minimum atomic E-state index is -0.525. The van der Waals surface area contributed by atoms with Gasteiger partial charge in [0.25, 0.3) is 0 Å². The summed E-state index contributed by atoms with van der Waals surface area (Å²) in [5, 5.41) is 9.11. The summed E-state index contributed by atoms with van der Waals surface area (Å²) in [7, 11) is 1.27. The Morgan fingerprint density at radius 2 is 1.92 bits per heavy atom. The number of phenols is 1. The Hall–Kier alpha value is -1.84. The van der Waals surface area contributed by atoms with Gasteiger partial charge in [-0.05, 0) is 12.1 Å². The fourth-order valence-corrected chi connectivity index (χ4v) is 0.756. The van der Waals surface area contributed by atoms with Crippen molar-refractivity contribution in [3.63, 3.8) is 0 Å². The van der Waals surface area contributed by atoms with Crippen LogP contribution in [0.2, 0.25) is 0 Å². The van der Waals surface area contributed by atoms with Crippen LogP contribution in [0.5, 0.6) is 5.75 Å². The van der Waals surface area contributed by atoms with Crippen LogP contribution in [0.4, 0.5) is 0 Å². The number of phenolic OH excluding ortho intramolecular Hbond substituents is 1. The number of hydrogen-bond donors (Lipinski definition) is 1. The average Bonchev–Trinajstić information content (AvgIpc) is 2.20. The molecular formula is C9H10O4. The van der Waals surface area contributed by atoms with Crippen LogP contribution < -0.4 is 0 Å². The summed E-state index contributed by atoms with van der Waals surface area (Å²) in [6, 6.07) is 6.24. The molecule has 70 valence electrons. The number of para-hydroxylation sites is 1. The Balaban J connectivity index is 0.000000671. The zero-order valence-corrected chi connectivity index (χ0v) is 7.19. The van der Waals surface area contributed by atoms with E-state index >= 15 is 0 Å². The Morgan fingerprint density at radius 1 is 1.38 bits per heavy atom. The van der Waals surface area contributed by atoms with E-state index in [2.05, 4.69) is 4.74 Å². The smallest absolute Gasteiger partial charge is 0.341 e. The largest absolute Gasteiger partial charge is 0.507 e. The number of methoxy groups -OCH3 is 1. The van der Waals surface area contributed by atoms with E-state index in [9.17, 15) is 4.79 Å². The zero-order chi connectivity index (χ0) is 10.3. The van der Waals surface area contributed by atoms with E-state index in [0.717, 1.165) is 0 Å². The van der Waals surface area contributed by atoms with Crippen molar-refractivity contribution in [3.05, 3.63) is 29.8 Å². The average molecular weight is 182 g/mol. The van der Waals surface area contributed by atoms with Crippen molar-refractivity contribution in [2.75, 3.05) is 7.11 Å². The Kier molecular flexibility index (Phi) is 4.95. The predicted molar refractivity (Wildman–Crippen MR) is 46.6 cm³/mol. The number of carbonyl (C=O) groups excluding carboxylic acids is 2. The van der Waals surface area contributed by atoms with E-state index < -0.39 is 5.97 Å². The predicted octanol–water partition coefficient (Wildman–Crippen LogP) is 0.994. The molecule has 1 rings (SSSR count). The van der Waals surface area contributed by atoms with Gasteiger partial charge in [0.2, 0.25) is 0 Å². The van der Waals surface area contributed by atoms with Gasteiger partial charge in [-0.3, -0.25) is 0 Å². The number of ether oxygens (including phenoxy) is 1. The topological polar surface area (TPSA) is 63.6 Å². The number of carbonyl (C=O) groups is 2. The maximum absolute atomic E-state index is 10.9. The third-order valence-corrected chi connectivity index (χ3v) is 1.31. The van der Waals surface area contributed by atoms with Gasteiger partial charge in [0.05, 0.1) is 7.11 Å². The molecule has 0 fully saturated rings. The summed E-state index contributed by atoms with van der Waals surface area (Å²) in [4.78, 5) is 18.9. The molecule has 0 amide bonds. The monoisotopic (exact) mass is 182 g/mol. The Labute approximate surface area is 75.8 Å². The number of esters is 1. The summed E-state index contributed by atoms with van der Waals surface area (Å²) in [5.41, 5.74) is 0.190. The van der Waals surface area contributed by atoms with Crippen LogP contribution >= 0.6 is 0 Å². The van der Waals surface area contributed by atoms with Crippen LogP contribution in [0.15, 0.2) is 24.3 Å². The highest BCUT2D eigenvalue weighted by Crippen LogP contribution is 2.15. The lowest BCUT2D eigenvalue weighted by Crippen LogP contribution is -2.00. The lowest BCUT2D eigenvalue weighted by Gasteiger charge is -1.99. The van der Waals surface area contributed by atoms with Crippen LogP contribution in [0.25, 0.3) is 0 Å². The molecule has 0 saturated carbocycles. The van der Waals surface area contributed by atoms with Crippen molar-refractivity contribution in [1.29, 1.82) is 0 Å². The van der Waals surface area contributed by atoms with Crippen molar-refractivity contribution in [2.24, 2.45) is 0 Å². The first-order chi connectivity index (χ1) is 6.25. The SMILES string of the molecule is C=O.COC(=O)c1ccccc1O. The minimum absolute atomic E-state index is 0.0562. The van der Waals surface area contributed by atoms with Gasteiger partial charge in [-0.25, -0.2) is 4.79 Å². The van der Waals surface area contributed by atoms with Gasteiger partial charge in [0.15, 0.2) is 0 Å². The lowest BCUT2D eigenvalue weighted by atomic mass is 10.2. The summed E-state index contributed by atoms with van der Waals surface area (Å²) < 4.78 is 4.42. The number of benzene rings is 1. The number of aromatic hydroxyl groups is 1. The summed E-state index contributed by atoms with van der Waals surface area (Å²) >= 11 is 0. The third kappa shape index (κ3) is 2.94. The van der Waals surface area contributed by atoms with Crippen molar-refractivity contribution in [2.45, 2.75) is 0 Å². The summed E-state index contributed by atoms with van der Waals surface area (Å²) in [5.74, 6) is -0.581. The second-order valence-electron chi connectivity index (χ2n) is 2.01. The fraction of sp³-hybridized carbons (Fsp3) is 0.111. The lowest BCUT2D eigenvalue weighted by molar-refractivity contribution is -0.0980. The highest BCUT2D eigenvalue weighted by Gasteiger charge is 2.08. The van der Waals surface area contributed by atoms with Gasteiger partial charge in [0, 0.05) is 0 Å². The van der Waals surface area contributed by atoms with Crippen LogP contribution in [0.1, 0.15) is 10.4 Å². The molecule has 1 N–H and O–H groups in total. The number of hydrogen-bond acceptors (Lipinski definition) is 4. The fourth-order valence-electron chi connectivity index (χ4n) is 0.756. The molecule has 0 bridgehead atoms. The Bertz CT molecular complexity index is 283. The van der Waals surface area contributed by atoms with Gasteiger partial charge in [-0.2, -0.15) is 0 Å². The molecule has 0 aromatic heterocycles. The second-order valence-corrected chi connectivity index (χ2v) is 2.01. The van der Waals surface area contributed by atoms with Crippen molar-refractivity contribution in [1.82, 2.24) is 0 Å². The zero-order valence-electron chi connectivity index (χ0n) is 7.19. The molecule has 0 aliphatic heterocycles. The molecule has 0 aliphatic rings. The molecule has 0 aliphatic carbocycles. The van der Waals surface area contributed by atoms with E-state index in [1.807, 2.05) is 6.79 Å². The minimum Gasteiger partial charge on any atom is -0.507 e. The first-order valence-corrected chi connectivity index (χ1v) is 3.41. The van der Waals surface area contributed by atoms with Gasteiger partial charge < -0.3 is 14.6 Å². The van der Waals surface area contributed by atoms with Gasteiger partial charge in [0.1, 0.15) is 18.1 Å². The molecular weight excluding hydrogens is 172 g/mol. The third-order valence-electron chi connectivity index (χ3n) is 1.31. The molecule has 0 radical (unpaired) electrons. The number of rotatable bonds is 1. The van der Waals surface area contributed by atoms with Crippen LogP contribution in [0.3, 0.4) is 0 Å². The van der Waals surface area contributed by atoms with E-state index in [1.54, 1.807) is 12.1 Å². The highest BCUT2D eigenvalue weighted by atomic mass is 16.5. The van der Waals surface area contributed by atoms with Gasteiger partial charge in [-0.1, -0.05) is 12.1 Å². The maximum atomic E-state index is 10.9. The molecule has 4 heteroatoms. The van der Waals surface area contributed by atoms with Gasteiger partial charge >= 0.3 is 5.97 Å². The molecule has 4 nitrogen and oxygen atoms in total. The molecule has 13 heavy (non-hydrogen) atoms. The summed E-state index contributed by atoms with van der Waals surface area (Å²) in [6.07, 6.45) is 0. The maximum Gasteiger partial charge on any atom is 0.341 e. The van der Waals surface area contributed by atoms with Crippen molar-refractivity contribution < 1.29 is 19.4 Å². The molecule has 0 spiro atoms. The normalized spacial score (nSPS) is 8.08. The molecule has 0 atom stereocenters. The van der Waals surface area contributed by atoms with Crippen molar-refractivity contribution >= 4 is 12.8 Å². The molecule has 0 saturated heterocycles. The van der Waals surface area contributed by atoms with E-state index in [1.165, 1.54) is 19.2 Å². The van der Waals surface area contributed by atoms with Crippen molar-refractivity contribution in [3.8, 4) is 5.75 Å². The molecule has 1 aromatic rings. The Morgan fingerprint density at radius 3 is 2.38 bits per heavy atom. The van der Waals surface area contributed by atoms with Crippen LogP contribution in [-0.4, -0.2) is 25.0 Å². The van der Waals surface area contributed by atoms with Gasteiger partial charge in [-0.15, -0.1) is 0 Å². The molecule has 0 heterocycles. The van der Waals surface area contributed by atoms with E-state index in [4.69, 9.17) is 9.90 Å². The quantitative estimate of drug-likeness (QED) is 0.658. The first kappa shape index (κ1) is 11.2. The van der Waals surface area contributed by atoms with Crippen LogP contribution in [0, 0.1) is 0 Å². The molecule has 0 unspecified atom stereocenters.